The lowest BCUT2D eigenvalue weighted by atomic mass is 9.97. The van der Waals surface area contributed by atoms with Crippen molar-refractivity contribution in [1.29, 1.82) is 0 Å². The van der Waals surface area contributed by atoms with Crippen LogP contribution in [0.15, 0.2) is 53.4 Å². The van der Waals surface area contributed by atoms with Crippen LogP contribution >= 0.6 is 11.6 Å². The molecule has 2 aromatic carbocycles. The van der Waals surface area contributed by atoms with Crippen LogP contribution in [0, 0.1) is 5.92 Å². The second-order valence-corrected chi connectivity index (χ2v) is 10.7. The van der Waals surface area contributed by atoms with Crippen molar-refractivity contribution in [3.05, 3.63) is 53.6 Å². The summed E-state index contributed by atoms with van der Waals surface area (Å²) in [5.74, 6) is 0.182. The van der Waals surface area contributed by atoms with Crippen LogP contribution < -0.4 is 9.64 Å². The molecule has 2 heterocycles. The molecule has 0 aliphatic carbocycles. The number of carbonyl (C=O) groups is 1. The summed E-state index contributed by atoms with van der Waals surface area (Å²) in [6.07, 6.45) is 1.36. The summed E-state index contributed by atoms with van der Waals surface area (Å²) in [5, 5.41) is 0.263. The first-order chi connectivity index (χ1) is 15.9. The summed E-state index contributed by atoms with van der Waals surface area (Å²) in [6, 6.07) is 14.7. The zero-order valence-electron chi connectivity index (χ0n) is 18.8. The number of sulfonamides is 1. The topological polar surface area (TPSA) is 70.2 Å². The monoisotopic (exact) mass is 491 g/mol. The predicted molar refractivity (Wildman–Crippen MR) is 129 cm³/mol. The average Bonchev–Trinajstić information content (AvgIpc) is 2.85. The maximum absolute atomic E-state index is 13.2. The number of ether oxygens (including phenoxy) is 1. The van der Waals surface area contributed by atoms with E-state index in [0.29, 0.717) is 44.8 Å². The molecule has 1 atom stereocenters. The van der Waals surface area contributed by atoms with E-state index in [1.54, 1.807) is 6.07 Å². The zero-order valence-corrected chi connectivity index (χ0v) is 20.4. The lowest BCUT2D eigenvalue weighted by Crippen LogP contribution is -2.53. The lowest BCUT2D eigenvalue weighted by Gasteiger charge is -2.39. The van der Waals surface area contributed by atoms with E-state index in [-0.39, 0.29) is 28.3 Å². The molecule has 1 amide bonds. The maximum atomic E-state index is 13.2. The van der Waals surface area contributed by atoms with Crippen LogP contribution in [0.1, 0.15) is 19.8 Å². The number of halogens is 1. The minimum absolute atomic E-state index is 0.0485. The summed E-state index contributed by atoms with van der Waals surface area (Å²) in [5.41, 5.74) is 1.16. The molecular weight excluding hydrogens is 462 g/mol. The number of hydrogen-bond acceptors (Lipinski definition) is 5. The van der Waals surface area contributed by atoms with Crippen molar-refractivity contribution < 1.29 is 17.9 Å². The Balaban J connectivity index is 1.40. The minimum atomic E-state index is -3.74. The predicted octanol–water partition coefficient (Wildman–Crippen LogP) is 3.49. The third-order valence-electron chi connectivity index (χ3n) is 6.29. The Morgan fingerprint density at radius 3 is 2.45 bits per heavy atom. The molecule has 0 unspecified atom stereocenters. The van der Waals surface area contributed by atoms with Gasteiger partial charge in [-0.1, -0.05) is 29.8 Å². The van der Waals surface area contributed by atoms with E-state index in [9.17, 15) is 13.2 Å². The molecule has 0 saturated carbocycles. The summed E-state index contributed by atoms with van der Waals surface area (Å²) < 4.78 is 33.3. The van der Waals surface area contributed by atoms with Gasteiger partial charge < -0.3 is 14.5 Å². The van der Waals surface area contributed by atoms with E-state index >= 15 is 0 Å². The summed E-state index contributed by atoms with van der Waals surface area (Å²) in [6.45, 7) is 5.72. The fourth-order valence-electron chi connectivity index (χ4n) is 4.51. The number of rotatable bonds is 6. The van der Waals surface area contributed by atoms with Crippen LogP contribution in [0.5, 0.6) is 5.75 Å². The van der Waals surface area contributed by atoms with E-state index in [1.165, 1.54) is 16.4 Å². The van der Waals surface area contributed by atoms with Crippen LogP contribution in [-0.2, 0) is 14.8 Å². The highest BCUT2D eigenvalue weighted by Crippen LogP contribution is 2.31. The second-order valence-electron chi connectivity index (χ2n) is 8.38. The summed E-state index contributed by atoms with van der Waals surface area (Å²) in [4.78, 5) is 17.5. The van der Waals surface area contributed by atoms with Crippen molar-refractivity contribution in [2.75, 3.05) is 50.8 Å². The Bertz CT molecular complexity index is 1070. The molecule has 33 heavy (non-hydrogen) atoms. The average molecular weight is 492 g/mol. The van der Waals surface area contributed by atoms with E-state index in [4.69, 9.17) is 16.3 Å². The number of carbonyl (C=O) groups excluding carboxylic acids is 1. The largest absolute Gasteiger partial charge is 0.492 e. The molecule has 2 aliphatic heterocycles. The van der Waals surface area contributed by atoms with Gasteiger partial charge in [0.25, 0.3) is 0 Å². The quantitative estimate of drug-likeness (QED) is 0.618. The van der Waals surface area contributed by atoms with Gasteiger partial charge in [0, 0.05) is 45.0 Å². The number of hydrogen-bond donors (Lipinski definition) is 0. The first kappa shape index (κ1) is 23.9. The van der Waals surface area contributed by atoms with Gasteiger partial charge >= 0.3 is 0 Å². The van der Waals surface area contributed by atoms with Crippen molar-refractivity contribution in [2.45, 2.75) is 24.7 Å². The van der Waals surface area contributed by atoms with Crippen LogP contribution in [0.25, 0.3) is 0 Å². The third-order valence-corrected chi connectivity index (χ3v) is 8.44. The SMILES string of the molecule is CCOc1ccc(S(=O)(=O)N2CCC[C@@H](C(=O)N3CCN(c4ccccc4)CC3)C2)cc1Cl. The molecule has 2 fully saturated rings. The minimum Gasteiger partial charge on any atom is -0.492 e. The van der Waals surface area contributed by atoms with Gasteiger partial charge in [0.15, 0.2) is 0 Å². The van der Waals surface area contributed by atoms with Crippen molar-refractivity contribution >= 4 is 33.2 Å². The summed E-state index contributed by atoms with van der Waals surface area (Å²) in [7, 11) is -3.74. The molecule has 0 N–H and O–H groups in total. The molecule has 0 bridgehead atoms. The Kier molecular flexibility index (Phi) is 7.46. The van der Waals surface area contributed by atoms with Gasteiger partial charge in [-0.05, 0) is 50.1 Å². The molecule has 2 aromatic rings. The van der Waals surface area contributed by atoms with Gasteiger partial charge in [0.2, 0.25) is 15.9 Å². The molecule has 4 rings (SSSR count). The van der Waals surface area contributed by atoms with Crippen LogP contribution in [0.2, 0.25) is 5.02 Å². The summed E-state index contributed by atoms with van der Waals surface area (Å²) >= 11 is 6.22. The fraction of sp³-hybridized carbons (Fsp3) is 0.458. The standard InChI is InChI=1S/C24H30ClN3O4S/c1-2-32-23-11-10-21(17-22(23)25)33(30,31)28-12-6-7-19(18-28)24(29)27-15-13-26(14-16-27)20-8-4-3-5-9-20/h3-5,8-11,17,19H,2,6-7,12-16,18H2,1H3/t19-/m1/s1. The van der Waals surface area contributed by atoms with Crippen molar-refractivity contribution in [2.24, 2.45) is 5.92 Å². The Labute approximate surface area is 200 Å². The molecule has 2 aliphatic rings. The highest BCUT2D eigenvalue weighted by Gasteiger charge is 2.36. The van der Waals surface area contributed by atoms with Crippen LogP contribution in [-0.4, -0.2) is 69.4 Å². The van der Waals surface area contributed by atoms with E-state index in [0.717, 1.165) is 18.8 Å². The van der Waals surface area contributed by atoms with Gasteiger partial charge in [-0.3, -0.25) is 4.79 Å². The number of amides is 1. The van der Waals surface area contributed by atoms with Gasteiger partial charge in [0.05, 0.1) is 22.4 Å². The molecular formula is C24H30ClN3O4S. The second kappa shape index (κ2) is 10.3. The third kappa shape index (κ3) is 5.28. The van der Waals surface area contributed by atoms with Gasteiger partial charge in [0.1, 0.15) is 5.75 Å². The molecule has 0 radical (unpaired) electrons. The van der Waals surface area contributed by atoms with E-state index in [2.05, 4.69) is 17.0 Å². The first-order valence-electron chi connectivity index (χ1n) is 11.4. The number of piperazine rings is 1. The van der Waals surface area contributed by atoms with Crippen molar-refractivity contribution in [3.8, 4) is 5.75 Å². The maximum Gasteiger partial charge on any atom is 0.243 e. The van der Waals surface area contributed by atoms with Crippen molar-refractivity contribution in [3.63, 3.8) is 0 Å². The highest BCUT2D eigenvalue weighted by atomic mass is 35.5. The van der Waals surface area contributed by atoms with Gasteiger partial charge in [-0.2, -0.15) is 4.31 Å². The van der Waals surface area contributed by atoms with Crippen LogP contribution in [0.3, 0.4) is 0 Å². The number of anilines is 1. The number of benzene rings is 2. The fourth-order valence-corrected chi connectivity index (χ4v) is 6.36. The Morgan fingerprint density at radius 1 is 1.06 bits per heavy atom. The molecule has 7 nitrogen and oxygen atoms in total. The molecule has 2 saturated heterocycles. The van der Waals surface area contributed by atoms with Crippen LogP contribution in [0.4, 0.5) is 5.69 Å². The van der Waals surface area contributed by atoms with Crippen molar-refractivity contribution in [1.82, 2.24) is 9.21 Å². The Hall–Kier alpha value is -2.29. The van der Waals surface area contributed by atoms with Gasteiger partial charge in [-0.25, -0.2) is 8.42 Å². The smallest absolute Gasteiger partial charge is 0.243 e. The normalized spacial score (nSPS) is 20.0. The lowest BCUT2D eigenvalue weighted by molar-refractivity contribution is -0.137. The number of nitrogens with zero attached hydrogens (tertiary/aromatic N) is 3. The number of para-hydroxylation sites is 1. The Morgan fingerprint density at radius 2 is 1.79 bits per heavy atom. The first-order valence-corrected chi connectivity index (χ1v) is 13.2. The van der Waals surface area contributed by atoms with E-state index in [1.807, 2.05) is 30.0 Å². The number of piperidine rings is 1. The van der Waals surface area contributed by atoms with Gasteiger partial charge in [-0.15, -0.1) is 0 Å². The zero-order chi connectivity index (χ0) is 23.4. The molecule has 0 spiro atoms. The molecule has 9 heteroatoms. The molecule has 0 aromatic heterocycles. The van der Waals surface area contributed by atoms with E-state index < -0.39 is 10.0 Å². The highest BCUT2D eigenvalue weighted by molar-refractivity contribution is 7.89. The molecule has 178 valence electrons.